The normalized spacial score (nSPS) is 11.3. The van der Waals surface area contributed by atoms with Crippen molar-refractivity contribution in [3.05, 3.63) is 0 Å². The Morgan fingerprint density at radius 2 is 1.32 bits per heavy atom. The summed E-state index contributed by atoms with van der Waals surface area (Å²) in [6.07, 6.45) is 11.4. The second-order valence-electron chi connectivity index (χ2n) is 4.73. The summed E-state index contributed by atoms with van der Waals surface area (Å²) in [5, 5.41) is 2.23. The predicted molar refractivity (Wildman–Crippen MR) is 86.2 cm³/mol. The van der Waals surface area contributed by atoms with E-state index in [0.717, 1.165) is 5.32 Å². The first kappa shape index (κ1) is 22.7. The molecule has 0 aromatic heterocycles. The molecule has 0 radical (unpaired) electrons. The zero-order valence-corrected chi connectivity index (χ0v) is 14.1. The molecule has 0 aromatic rings. The van der Waals surface area contributed by atoms with Crippen molar-refractivity contribution in [2.45, 2.75) is 75.3 Å². The van der Waals surface area contributed by atoms with Gasteiger partial charge in [-0.1, -0.05) is 0 Å². The third kappa shape index (κ3) is 21.9. The van der Waals surface area contributed by atoms with Gasteiger partial charge in [0.05, 0.1) is 0 Å². The Morgan fingerprint density at radius 1 is 0.842 bits per heavy atom. The Kier molecular flexibility index (Phi) is 18.9. The Balaban J connectivity index is 0. The van der Waals surface area contributed by atoms with Gasteiger partial charge in [-0.05, 0) is 0 Å². The van der Waals surface area contributed by atoms with Crippen LogP contribution in [0.15, 0.2) is 0 Å². The van der Waals surface area contributed by atoms with Crippen molar-refractivity contribution in [2.24, 2.45) is 0 Å². The van der Waals surface area contributed by atoms with E-state index >= 15 is 0 Å². The second-order valence-corrected chi connectivity index (χ2v) is 8.87. The van der Waals surface area contributed by atoms with Crippen molar-refractivity contribution in [1.82, 2.24) is 0 Å². The molecule has 0 aliphatic rings. The summed E-state index contributed by atoms with van der Waals surface area (Å²) >= 11 is 0.562. The van der Waals surface area contributed by atoms with Gasteiger partial charge in [0.15, 0.2) is 0 Å². The summed E-state index contributed by atoms with van der Waals surface area (Å²) in [5.41, 5.74) is 0. The molecule has 6 heteroatoms. The molecule has 0 bridgehead atoms. The third-order valence-corrected chi connectivity index (χ3v) is 6.06. The van der Waals surface area contributed by atoms with Gasteiger partial charge in [-0.2, -0.15) is 0 Å². The summed E-state index contributed by atoms with van der Waals surface area (Å²) in [5.74, 6) is -0.0633. The van der Waals surface area contributed by atoms with Crippen LogP contribution in [0.5, 0.6) is 0 Å². The fourth-order valence-corrected chi connectivity index (χ4v) is 4.72. The molecule has 0 spiro atoms. The average molecular weight is 367 g/mol. The van der Waals surface area contributed by atoms with E-state index in [0.29, 0.717) is 21.4 Å². The molecule has 0 saturated heterocycles. The molecule has 0 heterocycles. The number of hydrogen-bond acceptors (Lipinski definition) is 2. The van der Waals surface area contributed by atoms with E-state index in [1.807, 2.05) is 0 Å². The van der Waals surface area contributed by atoms with Gasteiger partial charge in [0.1, 0.15) is 0 Å². The van der Waals surface area contributed by atoms with E-state index < -0.39 is 10.1 Å². The number of rotatable bonds is 13. The zero-order valence-electron chi connectivity index (χ0n) is 11.6. The molecule has 0 rings (SSSR count). The van der Waals surface area contributed by atoms with E-state index in [1.54, 1.807) is 0 Å². The first-order valence-electron chi connectivity index (χ1n) is 7.09. The molecule has 112 valence electrons. The van der Waals surface area contributed by atoms with Crippen molar-refractivity contribution in [2.75, 3.05) is 5.75 Å². The molecule has 0 fully saturated rings. The third-order valence-electron chi connectivity index (χ3n) is 2.83. The van der Waals surface area contributed by atoms with Crippen molar-refractivity contribution in [3.8, 4) is 0 Å². The maximum atomic E-state index is 10.5. The van der Waals surface area contributed by atoms with Crippen LogP contribution in [0.2, 0.25) is 10.6 Å². The van der Waals surface area contributed by atoms with E-state index in [-0.39, 0.29) is 35.3 Å². The molecule has 0 unspecified atom stereocenters. The minimum atomic E-state index is -3.73. The monoisotopic (exact) mass is 368 g/mol. The van der Waals surface area contributed by atoms with Crippen LogP contribution < -0.4 is 0 Å². The molecule has 0 aromatic carbocycles. The fraction of sp³-hybridized carbons (Fsp3) is 1.00. The van der Waals surface area contributed by atoms with Gasteiger partial charge in [0.25, 0.3) is 0 Å². The van der Waals surface area contributed by atoms with Gasteiger partial charge < -0.3 is 0 Å². The van der Waals surface area contributed by atoms with Crippen molar-refractivity contribution < 1.29 is 13.0 Å². The SMILES string of the molecule is CCCCCCCCCC[Se]CCCS(=O)(=O)O.[NaH]. The molecule has 19 heavy (non-hydrogen) atoms. The molecule has 0 saturated carbocycles. The molecular formula is C13H29NaO3SSe. The average Bonchev–Trinajstić information content (AvgIpc) is 2.29. The topological polar surface area (TPSA) is 54.4 Å². The fourth-order valence-electron chi connectivity index (χ4n) is 1.78. The van der Waals surface area contributed by atoms with Gasteiger partial charge in [-0.3, -0.25) is 0 Å². The second kappa shape index (κ2) is 15.8. The molecule has 1 N–H and O–H groups in total. The molecule has 3 nitrogen and oxygen atoms in total. The van der Waals surface area contributed by atoms with Gasteiger partial charge in [-0.15, -0.1) is 0 Å². The minimum absolute atomic E-state index is 0. The Labute approximate surface area is 147 Å². The molecule has 0 aliphatic heterocycles. The van der Waals surface area contributed by atoms with Crippen LogP contribution >= 0.6 is 0 Å². The first-order chi connectivity index (χ1) is 8.56. The van der Waals surface area contributed by atoms with Gasteiger partial charge in [0.2, 0.25) is 0 Å². The van der Waals surface area contributed by atoms with E-state index in [4.69, 9.17) is 4.55 Å². The first-order valence-corrected chi connectivity index (χ1v) is 11.1. The summed E-state index contributed by atoms with van der Waals surface area (Å²) in [6.45, 7) is 2.24. The van der Waals surface area contributed by atoms with E-state index in [9.17, 15) is 8.42 Å². The Bertz CT molecular complexity index is 271. The molecule has 0 aliphatic carbocycles. The van der Waals surface area contributed by atoms with Gasteiger partial charge in [0, 0.05) is 0 Å². The van der Waals surface area contributed by atoms with Crippen LogP contribution in [0.3, 0.4) is 0 Å². The van der Waals surface area contributed by atoms with Crippen LogP contribution in [-0.2, 0) is 10.1 Å². The van der Waals surface area contributed by atoms with Crippen LogP contribution in [0, 0.1) is 0 Å². The zero-order chi connectivity index (χ0) is 13.7. The Hall–Kier alpha value is 1.43. The summed E-state index contributed by atoms with van der Waals surface area (Å²) in [6, 6.07) is 0. The maximum absolute atomic E-state index is 10.5. The number of hydrogen-bond donors (Lipinski definition) is 1. The summed E-state index contributed by atoms with van der Waals surface area (Å²) in [7, 11) is -3.73. The molecule has 0 amide bonds. The van der Waals surface area contributed by atoms with Gasteiger partial charge >= 0.3 is 149 Å². The summed E-state index contributed by atoms with van der Waals surface area (Å²) in [4.78, 5) is 0. The number of unbranched alkanes of at least 4 members (excludes halogenated alkanes) is 7. The van der Waals surface area contributed by atoms with Crippen LogP contribution in [0.1, 0.15) is 64.7 Å². The van der Waals surface area contributed by atoms with Crippen molar-refractivity contribution in [1.29, 1.82) is 0 Å². The van der Waals surface area contributed by atoms with Crippen LogP contribution in [0.25, 0.3) is 0 Å². The van der Waals surface area contributed by atoms with Crippen LogP contribution in [0.4, 0.5) is 0 Å². The van der Waals surface area contributed by atoms with E-state index in [1.165, 1.54) is 56.7 Å². The predicted octanol–water partition coefficient (Wildman–Crippen LogP) is 3.30. The Morgan fingerprint density at radius 3 is 1.84 bits per heavy atom. The quantitative estimate of drug-likeness (QED) is 0.309. The standard InChI is InChI=1S/C13H28O3SSe.Na.H/c1-2-3-4-5-6-7-8-9-12-18-13-10-11-17(14,15)16;;/h2-13H2,1H3,(H,14,15,16);;. The van der Waals surface area contributed by atoms with Gasteiger partial charge in [-0.25, -0.2) is 0 Å². The van der Waals surface area contributed by atoms with Crippen molar-refractivity contribution >= 4 is 54.6 Å². The molecular weight excluding hydrogens is 338 g/mol. The molecule has 0 atom stereocenters. The van der Waals surface area contributed by atoms with E-state index in [2.05, 4.69) is 6.92 Å². The summed E-state index contributed by atoms with van der Waals surface area (Å²) < 4.78 is 29.5. The van der Waals surface area contributed by atoms with Crippen molar-refractivity contribution in [3.63, 3.8) is 0 Å². The van der Waals surface area contributed by atoms with Crippen LogP contribution in [-0.4, -0.2) is 63.2 Å².